The van der Waals surface area contributed by atoms with Gasteiger partial charge in [0.05, 0.1) is 30.7 Å². The Morgan fingerprint density at radius 3 is 2.16 bits per heavy atom. The third-order valence-electron chi connectivity index (χ3n) is 5.08. The highest BCUT2D eigenvalue weighted by Gasteiger charge is 2.47. The van der Waals surface area contributed by atoms with Crippen LogP contribution >= 0.6 is 22.6 Å². The van der Waals surface area contributed by atoms with E-state index in [1.54, 1.807) is 24.3 Å². The maximum absolute atomic E-state index is 13.5. The lowest BCUT2D eigenvalue weighted by atomic mass is 10.2. The number of imide groups is 1. The van der Waals surface area contributed by atoms with E-state index in [-0.39, 0.29) is 17.9 Å². The van der Waals surface area contributed by atoms with Gasteiger partial charge in [0.15, 0.2) is 6.29 Å². The number of ether oxygens (including phenoxy) is 3. The number of sulfonamides is 1. The summed E-state index contributed by atoms with van der Waals surface area (Å²) in [4.78, 5) is 27.0. The molecule has 0 saturated carbocycles. The van der Waals surface area contributed by atoms with Gasteiger partial charge in [0.1, 0.15) is 11.8 Å². The van der Waals surface area contributed by atoms with Gasteiger partial charge in [0.2, 0.25) is 15.9 Å². The smallest absolute Gasteiger partial charge is 0.252 e. The summed E-state index contributed by atoms with van der Waals surface area (Å²) < 4.78 is 44.4. The van der Waals surface area contributed by atoms with Gasteiger partial charge in [-0.2, -0.15) is 4.31 Å². The molecule has 2 amide bonds. The van der Waals surface area contributed by atoms with Crippen LogP contribution in [-0.4, -0.2) is 64.7 Å². The molecule has 0 aliphatic carbocycles. The van der Waals surface area contributed by atoms with E-state index in [1.165, 1.54) is 45.6 Å². The molecule has 0 radical (unpaired) electrons. The van der Waals surface area contributed by atoms with Crippen molar-refractivity contribution >= 4 is 50.1 Å². The van der Waals surface area contributed by atoms with Crippen LogP contribution in [0.3, 0.4) is 0 Å². The van der Waals surface area contributed by atoms with Crippen molar-refractivity contribution < 1.29 is 32.2 Å². The molecule has 9 nitrogen and oxygen atoms in total. The zero-order valence-corrected chi connectivity index (χ0v) is 20.7. The highest BCUT2D eigenvalue weighted by atomic mass is 127. The number of methoxy groups -OCH3 is 3. The normalized spacial score (nSPS) is 16.9. The van der Waals surface area contributed by atoms with Gasteiger partial charge in [0.25, 0.3) is 5.91 Å². The molecule has 0 aromatic heterocycles. The quantitative estimate of drug-likeness (QED) is 0.257. The van der Waals surface area contributed by atoms with E-state index in [1.807, 2.05) is 0 Å². The molecular formula is C21H23IN2O7S. The Morgan fingerprint density at radius 2 is 1.62 bits per heavy atom. The SMILES string of the molecule is COc1ccc(S(=O)(=O)N(CC(OC)OC)C2CC(=O)N(c3ccc(I)cc3)C2=O)cc1. The first-order valence-electron chi connectivity index (χ1n) is 9.56. The molecule has 0 spiro atoms. The van der Waals surface area contributed by atoms with Crippen molar-refractivity contribution in [1.82, 2.24) is 4.31 Å². The molecule has 1 fully saturated rings. The number of hydrogen-bond donors (Lipinski definition) is 0. The zero-order chi connectivity index (χ0) is 23.5. The predicted molar refractivity (Wildman–Crippen MR) is 125 cm³/mol. The number of carbonyl (C=O) groups is 2. The first kappa shape index (κ1) is 24.6. The summed E-state index contributed by atoms with van der Waals surface area (Å²) in [5.74, 6) is -0.624. The number of nitrogens with zero attached hydrogens (tertiary/aromatic N) is 2. The average Bonchev–Trinajstić information content (AvgIpc) is 3.08. The van der Waals surface area contributed by atoms with E-state index in [0.29, 0.717) is 11.4 Å². The Bertz CT molecular complexity index is 1070. The summed E-state index contributed by atoms with van der Waals surface area (Å²) in [6.07, 6.45) is -1.22. The molecule has 11 heteroatoms. The minimum absolute atomic E-state index is 0.0442. The number of rotatable bonds is 9. The van der Waals surface area contributed by atoms with Gasteiger partial charge >= 0.3 is 0 Å². The highest BCUT2D eigenvalue weighted by molar-refractivity contribution is 14.1. The van der Waals surface area contributed by atoms with Gasteiger partial charge in [-0.25, -0.2) is 13.3 Å². The Labute approximate surface area is 200 Å². The van der Waals surface area contributed by atoms with E-state index in [4.69, 9.17) is 14.2 Å². The minimum atomic E-state index is -4.18. The standard InChI is InChI=1S/C21H23IN2O7S/c1-29-16-8-10-17(11-9-16)32(27,28)23(13-20(30-2)31-3)18-12-19(25)24(21(18)26)15-6-4-14(22)5-7-15/h4-11,18,20H,12-13H2,1-3H3. The molecule has 1 unspecified atom stereocenters. The van der Waals surface area contributed by atoms with Gasteiger partial charge in [-0.1, -0.05) is 0 Å². The summed E-state index contributed by atoms with van der Waals surface area (Å²) in [7, 11) is 0.0291. The fraction of sp³-hybridized carbons (Fsp3) is 0.333. The number of anilines is 1. The Kier molecular flexibility index (Phi) is 7.88. The molecule has 2 aromatic carbocycles. The van der Waals surface area contributed by atoms with E-state index in [9.17, 15) is 18.0 Å². The van der Waals surface area contributed by atoms with Gasteiger partial charge in [-0.15, -0.1) is 0 Å². The number of halogens is 1. The third-order valence-corrected chi connectivity index (χ3v) is 7.68. The van der Waals surface area contributed by atoms with Crippen molar-refractivity contribution in [1.29, 1.82) is 0 Å². The first-order valence-corrected chi connectivity index (χ1v) is 12.1. The Morgan fingerprint density at radius 1 is 1.03 bits per heavy atom. The predicted octanol–water partition coefficient (Wildman–Crippen LogP) is 2.24. The fourth-order valence-corrected chi connectivity index (χ4v) is 5.30. The number of carbonyl (C=O) groups excluding carboxylic acids is 2. The van der Waals surface area contributed by atoms with Crippen LogP contribution in [0.4, 0.5) is 5.69 Å². The lowest BCUT2D eigenvalue weighted by Crippen LogP contribution is -2.49. The molecule has 2 aromatic rings. The van der Waals surface area contributed by atoms with Crippen molar-refractivity contribution in [3.8, 4) is 5.75 Å². The first-order chi connectivity index (χ1) is 15.2. The van der Waals surface area contributed by atoms with E-state index in [2.05, 4.69) is 22.6 Å². The average molecular weight is 574 g/mol. The van der Waals surface area contributed by atoms with Gasteiger partial charge in [-0.05, 0) is 71.1 Å². The van der Waals surface area contributed by atoms with Crippen LogP contribution in [0.15, 0.2) is 53.4 Å². The fourth-order valence-electron chi connectivity index (χ4n) is 3.37. The third kappa shape index (κ3) is 4.96. The number of benzene rings is 2. The summed E-state index contributed by atoms with van der Waals surface area (Å²) in [5, 5.41) is 0. The molecule has 172 valence electrons. The maximum atomic E-state index is 13.5. The van der Waals surface area contributed by atoms with Crippen LogP contribution in [0.1, 0.15) is 6.42 Å². The monoisotopic (exact) mass is 574 g/mol. The van der Waals surface area contributed by atoms with Gasteiger partial charge in [0, 0.05) is 17.8 Å². The Balaban J connectivity index is 2.00. The van der Waals surface area contributed by atoms with Crippen molar-refractivity contribution in [3.05, 3.63) is 52.1 Å². The second-order valence-corrected chi connectivity index (χ2v) is 10.1. The van der Waals surface area contributed by atoms with Crippen molar-refractivity contribution in [2.45, 2.75) is 23.6 Å². The summed E-state index contributed by atoms with van der Waals surface area (Å²) in [6, 6.07) is 11.4. The lowest BCUT2D eigenvalue weighted by Gasteiger charge is -2.29. The second kappa shape index (κ2) is 10.3. The van der Waals surface area contributed by atoms with Crippen LogP contribution < -0.4 is 9.64 Å². The van der Waals surface area contributed by atoms with Gasteiger partial charge < -0.3 is 14.2 Å². The molecule has 0 bridgehead atoms. The molecule has 1 aliphatic heterocycles. The van der Waals surface area contributed by atoms with E-state index < -0.39 is 34.2 Å². The Hall–Kier alpha value is -2.06. The molecule has 1 saturated heterocycles. The largest absolute Gasteiger partial charge is 0.497 e. The minimum Gasteiger partial charge on any atom is -0.497 e. The van der Waals surface area contributed by atoms with Crippen LogP contribution in [0.25, 0.3) is 0 Å². The zero-order valence-electron chi connectivity index (χ0n) is 17.7. The summed E-state index contributed by atoms with van der Waals surface area (Å²) >= 11 is 2.12. The maximum Gasteiger partial charge on any atom is 0.252 e. The number of hydrogen-bond acceptors (Lipinski definition) is 7. The lowest BCUT2D eigenvalue weighted by molar-refractivity contribution is -0.125. The molecule has 0 N–H and O–H groups in total. The topological polar surface area (TPSA) is 102 Å². The number of amides is 2. The van der Waals surface area contributed by atoms with Crippen molar-refractivity contribution in [2.75, 3.05) is 32.8 Å². The molecule has 3 rings (SSSR count). The van der Waals surface area contributed by atoms with Gasteiger partial charge in [-0.3, -0.25) is 9.59 Å². The highest BCUT2D eigenvalue weighted by Crippen LogP contribution is 2.30. The molecule has 32 heavy (non-hydrogen) atoms. The molecule has 1 heterocycles. The molecule has 1 atom stereocenters. The summed E-state index contributed by atoms with van der Waals surface area (Å²) in [6.45, 7) is -0.272. The second-order valence-electron chi connectivity index (χ2n) is 6.91. The van der Waals surface area contributed by atoms with Crippen LogP contribution in [0, 0.1) is 3.57 Å². The van der Waals surface area contributed by atoms with Crippen LogP contribution in [0.2, 0.25) is 0 Å². The van der Waals surface area contributed by atoms with E-state index in [0.717, 1.165) is 12.8 Å². The summed E-state index contributed by atoms with van der Waals surface area (Å²) in [5.41, 5.74) is 0.389. The van der Waals surface area contributed by atoms with Crippen molar-refractivity contribution in [3.63, 3.8) is 0 Å². The van der Waals surface area contributed by atoms with Crippen LogP contribution in [-0.2, 0) is 29.1 Å². The molecule has 1 aliphatic rings. The van der Waals surface area contributed by atoms with Crippen molar-refractivity contribution in [2.24, 2.45) is 0 Å². The van der Waals surface area contributed by atoms with E-state index >= 15 is 0 Å². The van der Waals surface area contributed by atoms with Crippen LogP contribution in [0.5, 0.6) is 5.75 Å². The molecular weight excluding hydrogens is 551 g/mol.